The molecule has 0 aliphatic carbocycles. The topological polar surface area (TPSA) is 39.1 Å². The summed E-state index contributed by atoms with van der Waals surface area (Å²) in [7, 11) is 0. The average Bonchev–Trinajstić information content (AvgIpc) is 2.61. The molecule has 1 heterocycles. The van der Waals surface area contributed by atoms with Gasteiger partial charge in [0, 0.05) is 6.54 Å². The molecule has 0 aromatic heterocycles. The van der Waals surface area contributed by atoms with Crippen LogP contribution < -0.4 is 5.32 Å². The van der Waals surface area contributed by atoms with Crippen LogP contribution in [0.4, 0.5) is 0 Å². The molecule has 3 heteroatoms. The molecule has 0 radical (unpaired) electrons. The predicted octanol–water partition coefficient (Wildman–Crippen LogP) is 2.78. The van der Waals surface area contributed by atoms with Crippen molar-refractivity contribution in [2.24, 2.45) is 5.92 Å². The normalized spacial score (nSPS) is 25.1. The predicted molar refractivity (Wildman–Crippen MR) is 76.4 cm³/mol. The van der Waals surface area contributed by atoms with Gasteiger partial charge in [0.1, 0.15) is 5.54 Å². The lowest BCUT2D eigenvalue weighted by Gasteiger charge is -2.30. The van der Waals surface area contributed by atoms with Crippen LogP contribution in [0.5, 0.6) is 0 Å². The van der Waals surface area contributed by atoms with Gasteiger partial charge in [-0.05, 0) is 58.2 Å². The molecule has 0 amide bonds. The summed E-state index contributed by atoms with van der Waals surface area (Å²) in [4.78, 5) is 2.47. The highest BCUT2D eigenvalue weighted by Crippen LogP contribution is 2.21. The molecular formula is C15H29N3. The fourth-order valence-corrected chi connectivity index (χ4v) is 2.77. The number of rotatable bonds is 6. The van der Waals surface area contributed by atoms with E-state index in [0.717, 1.165) is 38.5 Å². The molecule has 0 bridgehead atoms. The molecule has 0 aromatic carbocycles. The lowest BCUT2D eigenvalue weighted by atomic mass is 9.98. The Morgan fingerprint density at radius 1 is 1.33 bits per heavy atom. The van der Waals surface area contributed by atoms with E-state index >= 15 is 0 Å². The minimum atomic E-state index is -0.387. The highest BCUT2D eigenvalue weighted by Gasteiger charge is 2.27. The van der Waals surface area contributed by atoms with Gasteiger partial charge in [0.2, 0.25) is 0 Å². The summed E-state index contributed by atoms with van der Waals surface area (Å²) >= 11 is 0. The van der Waals surface area contributed by atoms with Gasteiger partial charge in [-0.15, -0.1) is 0 Å². The second kappa shape index (κ2) is 7.76. The highest BCUT2D eigenvalue weighted by molar-refractivity contribution is 5.05. The van der Waals surface area contributed by atoms with Crippen molar-refractivity contribution >= 4 is 0 Å². The maximum absolute atomic E-state index is 9.37. The summed E-state index contributed by atoms with van der Waals surface area (Å²) in [5.74, 6) is 0.895. The van der Waals surface area contributed by atoms with Crippen molar-refractivity contribution < 1.29 is 0 Å². The van der Waals surface area contributed by atoms with Crippen LogP contribution in [0, 0.1) is 17.2 Å². The molecule has 2 atom stereocenters. The van der Waals surface area contributed by atoms with Crippen molar-refractivity contribution in [2.75, 3.05) is 26.2 Å². The number of hydrogen-bond donors (Lipinski definition) is 1. The van der Waals surface area contributed by atoms with Gasteiger partial charge in [-0.1, -0.05) is 20.3 Å². The number of likely N-dealkylation sites (tertiary alicyclic amines) is 1. The first-order chi connectivity index (χ1) is 8.63. The minimum Gasteiger partial charge on any atom is -0.300 e. The van der Waals surface area contributed by atoms with Crippen molar-refractivity contribution in [1.29, 1.82) is 5.26 Å². The van der Waals surface area contributed by atoms with E-state index in [0.29, 0.717) is 0 Å². The standard InChI is InChI=1S/C15H29N3/c1-4-9-17-15(3,12-16)13-18-10-6-7-14(5-2)8-11-18/h14,17H,4-11,13H2,1-3H3. The molecule has 1 fully saturated rings. The van der Waals surface area contributed by atoms with Gasteiger partial charge in [-0.3, -0.25) is 5.32 Å². The Labute approximate surface area is 113 Å². The molecule has 18 heavy (non-hydrogen) atoms. The Hall–Kier alpha value is -0.590. The fraction of sp³-hybridized carbons (Fsp3) is 0.933. The van der Waals surface area contributed by atoms with Gasteiger partial charge >= 0.3 is 0 Å². The molecule has 2 unspecified atom stereocenters. The van der Waals surface area contributed by atoms with Crippen LogP contribution in [0.25, 0.3) is 0 Å². The summed E-state index contributed by atoms with van der Waals surface area (Å²) in [6.45, 7) is 10.6. The van der Waals surface area contributed by atoms with E-state index in [1.54, 1.807) is 0 Å². The molecule has 1 aliphatic rings. The summed E-state index contributed by atoms with van der Waals surface area (Å²) < 4.78 is 0. The third kappa shape index (κ3) is 4.96. The summed E-state index contributed by atoms with van der Waals surface area (Å²) in [6, 6.07) is 2.45. The van der Waals surface area contributed by atoms with E-state index in [2.05, 4.69) is 30.1 Å². The maximum Gasteiger partial charge on any atom is 0.116 e. The van der Waals surface area contributed by atoms with Crippen LogP contribution in [0.1, 0.15) is 52.9 Å². The van der Waals surface area contributed by atoms with E-state index in [4.69, 9.17) is 0 Å². The number of nitrogens with one attached hydrogen (secondary N) is 1. The maximum atomic E-state index is 9.37. The Balaban J connectivity index is 2.47. The van der Waals surface area contributed by atoms with Crippen molar-refractivity contribution in [2.45, 2.75) is 58.4 Å². The Bertz CT molecular complexity index is 271. The Kier molecular flexibility index (Phi) is 6.67. The van der Waals surface area contributed by atoms with E-state index in [-0.39, 0.29) is 5.54 Å². The monoisotopic (exact) mass is 251 g/mol. The second-order valence-electron chi connectivity index (χ2n) is 5.85. The average molecular weight is 251 g/mol. The lowest BCUT2D eigenvalue weighted by Crippen LogP contribution is -2.50. The summed E-state index contributed by atoms with van der Waals surface area (Å²) in [6.07, 6.45) is 6.32. The van der Waals surface area contributed by atoms with Crippen molar-refractivity contribution in [3.05, 3.63) is 0 Å². The van der Waals surface area contributed by atoms with Crippen LogP contribution in [0.3, 0.4) is 0 Å². The number of nitriles is 1. The van der Waals surface area contributed by atoms with Crippen molar-refractivity contribution in [1.82, 2.24) is 10.2 Å². The van der Waals surface area contributed by atoms with E-state index in [1.165, 1.54) is 25.7 Å². The zero-order chi connectivity index (χ0) is 13.4. The first-order valence-electron chi connectivity index (χ1n) is 7.52. The lowest BCUT2D eigenvalue weighted by molar-refractivity contribution is 0.224. The van der Waals surface area contributed by atoms with Gasteiger partial charge in [-0.25, -0.2) is 0 Å². The van der Waals surface area contributed by atoms with Gasteiger partial charge in [0.25, 0.3) is 0 Å². The van der Waals surface area contributed by atoms with Crippen LogP contribution in [-0.4, -0.2) is 36.6 Å². The molecule has 1 N–H and O–H groups in total. The van der Waals surface area contributed by atoms with Gasteiger partial charge in [0.05, 0.1) is 6.07 Å². The Morgan fingerprint density at radius 2 is 2.11 bits per heavy atom. The largest absolute Gasteiger partial charge is 0.300 e. The van der Waals surface area contributed by atoms with Crippen LogP contribution >= 0.6 is 0 Å². The van der Waals surface area contributed by atoms with Gasteiger partial charge in [0.15, 0.2) is 0 Å². The molecule has 1 aliphatic heterocycles. The zero-order valence-corrected chi connectivity index (χ0v) is 12.3. The molecular weight excluding hydrogens is 222 g/mol. The van der Waals surface area contributed by atoms with Crippen LogP contribution in [0.15, 0.2) is 0 Å². The van der Waals surface area contributed by atoms with Crippen LogP contribution in [-0.2, 0) is 0 Å². The second-order valence-corrected chi connectivity index (χ2v) is 5.85. The van der Waals surface area contributed by atoms with Crippen LogP contribution in [0.2, 0.25) is 0 Å². The zero-order valence-electron chi connectivity index (χ0n) is 12.3. The third-order valence-electron chi connectivity index (χ3n) is 4.07. The molecule has 0 aromatic rings. The van der Waals surface area contributed by atoms with E-state index in [9.17, 15) is 5.26 Å². The quantitative estimate of drug-likeness (QED) is 0.789. The van der Waals surface area contributed by atoms with Gasteiger partial charge < -0.3 is 4.90 Å². The summed E-state index contributed by atoms with van der Waals surface area (Å²) in [5.41, 5.74) is -0.387. The van der Waals surface area contributed by atoms with E-state index in [1.807, 2.05) is 6.92 Å². The molecule has 3 nitrogen and oxygen atoms in total. The van der Waals surface area contributed by atoms with Crippen molar-refractivity contribution in [3.63, 3.8) is 0 Å². The third-order valence-corrected chi connectivity index (χ3v) is 4.07. The first kappa shape index (κ1) is 15.5. The molecule has 1 saturated heterocycles. The Morgan fingerprint density at radius 3 is 2.72 bits per heavy atom. The highest BCUT2D eigenvalue weighted by atomic mass is 15.2. The SMILES string of the molecule is CCCNC(C)(C#N)CN1CCCC(CC)CC1. The first-order valence-corrected chi connectivity index (χ1v) is 7.52. The molecule has 1 rings (SSSR count). The van der Waals surface area contributed by atoms with E-state index < -0.39 is 0 Å². The van der Waals surface area contributed by atoms with Crippen molar-refractivity contribution in [3.8, 4) is 6.07 Å². The number of nitrogens with zero attached hydrogens (tertiary/aromatic N) is 2. The fourth-order valence-electron chi connectivity index (χ4n) is 2.77. The smallest absolute Gasteiger partial charge is 0.116 e. The summed E-state index contributed by atoms with van der Waals surface area (Å²) in [5, 5.41) is 12.8. The molecule has 104 valence electrons. The molecule has 0 spiro atoms. The molecule has 0 saturated carbocycles. The van der Waals surface area contributed by atoms with Gasteiger partial charge in [-0.2, -0.15) is 5.26 Å². The number of hydrogen-bond acceptors (Lipinski definition) is 3. The minimum absolute atomic E-state index is 0.387.